The van der Waals surface area contributed by atoms with E-state index < -0.39 is 0 Å². The highest BCUT2D eigenvalue weighted by Gasteiger charge is 2.24. The number of carbonyl (C=O) groups is 1. The minimum absolute atomic E-state index is 0.250. The van der Waals surface area contributed by atoms with E-state index in [1.807, 2.05) is 0 Å². The van der Waals surface area contributed by atoms with Crippen LogP contribution in [0.1, 0.15) is 86.0 Å². The molecule has 2 nitrogen and oxygen atoms in total. The predicted octanol–water partition coefficient (Wildman–Crippen LogP) is 5.08. The number of unbranched alkanes of at least 4 members (excludes halogenated alkanes) is 4. The lowest BCUT2D eigenvalue weighted by molar-refractivity contribution is -0.929. The molecule has 0 aromatic heterocycles. The van der Waals surface area contributed by atoms with Gasteiger partial charge in [0.15, 0.2) is 0 Å². The lowest BCUT2D eigenvalue weighted by atomic mass is 10.1. The van der Waals surface area contributed by atoms with Crippen molar-refractivity contribution < 1.29 is 9.28 Å². The van der Waals surface area contributed by atoms with E-state index in [1.54, 1.807) is 0 Å². The van der Waals surface area contributed by atoms with Crippen molar-refractivity contribution >= 4 is 17.7 Å². The van der Waals surface area contributed by atoms with E-state index >= 15 is 0 Å². The Kier molecular flexibility index (Phi) is 17.9. The SMILES string of the molecule is CC(=O)[S-].CCCC[N+](CCCC)(CCCC)CCCC. The number of carbonyl (C=O) groups excluding carboxylic acids is 1. The molecular weight excluding hydrogens is 278 g/mol. The molecule has 0 amide bonds. The van der Waals surface area contributed by atoms with Gasteiger partial charge in [-0.3, -0.25) is 0 Å². The van der Waals surface area contributed by atoms with Crippen LogP contribution in [0.15, 0.2) is 0 Å². The molecule has 0 aliphatic rings. The molecule has 0 unspecified atom stereocenters. The zero-order chi connectivity index (χ0) is 16.6. The van der Waals surface area contributed by atoms with Crippen LogP contribution in [0, 0.1) is 0 Å². The van der Waals surface area contributed by atoms with Crippen molar-refractivity contribution in [2.45, 2.75) is 86.0 Å². The number of quaternary nitrogens is 1. The summed E-state index contributed by atoms with van der Waals surface area (Å²) in [7, 11) is 0. The van der Waals surface area contributed by atoms with Gasteiger partial charge in [0, 0.05) is 5.12 Å². The highest BCUT2D eigenvalue weighted by molar-refractivity contribution is 7.76. The van der Waals surface area contributed by atoms with Crippen molar-refractivity contribution in [2.24, 2.45) is 0 Å². The molecule has 128 valence electrons. The quantitative estimate of drug-likeness (QED) is 0.369. The minimum atomic E-state index is -0.250. The first-order valence-corrected chi connectivity index (χ1v) is 9.41. The van der Waals surface area contributed by atoms with Crippen molar-refractivity contribution in [3.8, 4) is 0 Å². The zero-order valence-corrected chi connectivity index (χ0v) is 16.1. The molecule has 0 atom stereocenters. The molecule has 0 fully saturated rings. The maximum absolute atomic E-state index is 9.26. The summed E-state index contributed by atoms with van der Waals surface area (Å²) in [5.74, 6) is 0. The van der Waals surface area contributed by atoms with Crippen LogP contribution >= 0.6 is 0 Å². The average molecular weight is 318 g/mol. The summed E-state index contributed by atoms with van der Waals surface area (Å²) in [6.45, 7) is 16.4. The van der Waals surface area contributed by atoms with E-state index in [1.165, 1.54) is 89.0 Å². The van der Waals surface area contributed by atoms with E-state index in [0.29, 0.717) is 0 Å². The molecule has 0 bridgehead atoms. The normalized spacial score (nSPS) is 10.9. The van der Waals surface area contributed by atoms with Gasteiger partial charge < -0.3 is 21.9 Å². The van der Waals surface area contributed by atoms with Gasteiger partial charge in [0.2, 0.25) is 0 Å². The summed E-state index contributed by atoms with van der Waals surface area (Å²) in [6.07, 6.45) is 11.1. The standard InChI is InChI=1S/C16H36N.C2H4OS/c1-5-9-13-17(14-10-6-2,15-11-7-3)16-12-8-4;1-2(3)4/h5-16H2,1-4H3;1H3,(H,3,4)/q+1;/p-1. The van der Waals surface area contributed by atoms with Crippen molar-refractivity contribution in [1.82, 2.24) is 0 Å². The van der Waals surface area contributed by atoms with Crippen LogP contribution < -0.4 is 0 Å². The van der Waals surface area contributed by atoms with Crippen LogP contribution in [0.4, 0.5) is 0 Å². The van der Waals surface area contributed by atoms with Crippen LogP contribution in [0.3, 0.4) is 0 Å². The molecular formula is C18H39NOS. The largest absolute Gasteiger partial charge is 0.742 e. The van der Waals surface area contributed by atoms with Crippen LogP contribution in [0.25, 0.3) is 0 Å². The molecule has 0 spiro atoms. The summed E-state index contributed by atoms with van der Waals surface area (Å²) in [6, 6.07) is 0. The lowest BCUT2D eigenvalue weighted by Gasteiger charge is -2.39. The summed E-state index contributed by atoms with van der Waals surface area (Å²) in [5, 5.41) is -0.250. The third kappa shape index (κ3) is 16.1. The fourth-order valence-electron chi connectivity index (χ4n) is 2.64. The zero-order valence-electron chi connectivity index (χ0n) is 15.2. The Balaban J connectivity index is 0. The molecule has 21 heavy (non-hydrogen) atoms. The van der Waals surface area contributed by atoms with Crippen LogP contribution in [-0.4, -0.2) is 35.8 Å². The van der Waals surface area contributed by atoms with Gasteiger partial charge in [-0.1, -0.05) is 53.4 Å². The van der Waals surface area contributed by atoms with Gasteiger partial charge in [-0.25, -0.2) is 0 Å². The predicted molar refractivity (Wildman–Crippen MR) is 97.4 cm³/mol. The molecule has 0 rings (SSSR count). The topological polar surface area (TPSA) is 17.1 Å². The Morgan fingerprint density at radius 2 is 0.905 bits per heavy atom. The number of hydrogen-bond donors (Lipinski definition) is 0. The summed E-state index contributed by atoms with van der Waals surface area (Å²) < 4.78 is 1.42. The third-order valence-corrected chi connectivity index (χ3v) is 3.94. The summed E-state index contributed by atoms with van der Waals surface area (Å²) in [4.78, 5) is 9.26. The number of hydrogen-bond acceptors (Lipinski definition) is 2. The van der Waals surface area contributed by atoms with Gasteiger partial charge in [-0.05, 0) is 32.6 Å². The number of rotatable bonds is 12. The maximum atomic E-state index is 9.26. The fourth-order valence-corrected chi connectivity index (χ4v) is 2.64. The van der Waals surface area contributed by atoms with E-state index in [0.717, 1.165) is 0 Å². The van der Waals surface area contributed by atoms with Crippen LogP contribution in [0.5, 0.6) is 0 Å². The van der Waals surface area contributed by atoms with Gasteiger partial charge >= 0.3 is 0 Å². The van der Waals surface area contributed by atoms with Gasteiger partial charge in [-0.15, -0.1) is 0 Å². The first-order valence-electron chi connectivity index (χ1n) is 9.00. The first-order chi connectivity index (χ1) is 9.97. The van der Waals surface area contributed by atoms with Crippen LogP contribution in [0.2, 0.25) is 0 Å². The van der Waals surface area contributed by atoms with E-state index in [-0.39, 0.29) is 5.12 Å². The average Bonchev–Trinajstić information content (AvgIpc) is 2.45. The molecule has 0 aromatic rings. The molecule has 0 N–H and O–H groups in total. The minimum Gasteiger partial charge on any atom is -0.742 e. The number of nitrogens with zero attached hydrogens (tertiary/aromatic N) is 1. The van der Waals surface area contributed by atoms with Crippen molar-refractivity contribution in [1.29, 1.82) is 0 Å². The molecule has 0 saturated carbocycles. The van der Waals surface area contributed by atoms with Gasteiger partial charge in [0.1, 0.15) is 0 Å². The molecule has 0 radical (unpaired) electrons. The Morgan fingerprint density at radius 1 is 0.714 bits per heavy atom. The van der Waals surface area contributed by atoms with Gasteiger partial charge in [0.05, 0.1) is 26.2 Å². The van der Waals surface area contributed by atoms with Crippen molar-refractivity contribution in [2.75, 3.05) is 26.2 Å². The second-order valence-electron chi connectivity index (χ2n) is 6.14. The van der Waals surface area contributed by atoms with Crippen molar-refractivity contribution in [3.63, 3.8) is 0 Å². The van der Waals surface area contributed by atoms with E-state index in [2.05, 4.69) is 40.3 Å². The Hall–Kier alpha value is -0.150. The molecule has 3 heteroatoms. The summed E-state index contributed by atoms with van der Waals surface area (Å²) in [5.41, 5.74) is 0. The van der Waals surface area contributed by atoms with E-state index in [9.17, 15) is 4.79 Å². The summed E-state index contributed by atoms with van der Waals surface area (Å²) >= 11 is 3.98. The monoisotopic (exact) mass is 317 g/mol. The molecule has 0 saturated heterocycles. The maximum Gasteiger partial charge on any atom is 0.0786 e. The first kappa shape index (κ1) is 23.1. The highest BCUT2D eigenvalue weighted by atomic mass is 32.1. The molecule has 0 aromatic carbocycles. The Labute approximate surface area is 139 Å². The van der Waals surface area contributed by atoms with Gasteiger partial charge in [0.25, 0.3) is 0 Å². The van der Waals surface area contributed by atoms with E-state index in [4.69, 9.17) is 0 Å². The third-order valence-electron chi connectivity index (χ3n) is 3.94. The molecule has 0 heterocycles. The second-order valence-corrected chi connectivity index (χ2v) is 6.72. The fraction of sp³-hybridized carbons (Fsp3) is 0.944. The van der Waals surface area contributed by atoms with Crippen molar-refractivity contribution in [3.05, 3.63) is 0 Å². The Morgan fingerprint density at radius 3 is 1.05 bits per heavy atom. The molecule has 0 aliphatic heterocycles. The van der Waals surface area contributed by atoms with Gasteiger partial charge in [-0.2, -0.15) is 0 Å². The van der Waals surface area contributed by atoms with Crippen LogP contribution in [-0.2, 0) is 17.4 Å². The second kappa shape index (κ2) is 16.2. The Bertz CT molecular complexity index is 190. The molecule has 0 aliphatic carbocycles. The lowest BCUT2D eigenvalue weighted by Crippen LogP contribution is -2.50. The smallest absolute Gasteiger partial charge is 0.0786 e. The highest BCUT2D eigenvalue weighted by Crippen LogP contribution is 2.16.